The molecule has 0 heterocycles. The van der Waals surface area contributed by atoms with Crippen LogP contribution in [0.3, 0.4) is 0 Å². The Hall–Kier alpha value is 1.23. The predicted molar refractivity (Wildman–Crippen MR) is 42.4 cm³/mol. The Balaban J connectivity index is 0. The Kier molecular flexibility index (Phi) is 9.96. The van der Waals surface area contributed by atoms with Crippen molar-refractivity contribution in [2.75, 3.05) is 0 Å². The smallest absolute Gasteiger partial charge is 0.445 e. The molecular formula is C7H13BF3K. The van der Waals surface area contributed by atoms with Gasteiger partial charge in [0.25, 0.3) is 0 Å². The number of allylic oxidation sites excluding steroid dienone is 1. The molecule has 0 saturated heterocycles. The minimum atomic E-state index is -4.72. The SMILES string of the molecule is CCCC/C(C)=C/[B-](F)(F)F.[K+]. The summed E-state index contributed by atoms with van der Waals surface area (Å²) < 4.78 is 35.2. The molecule has 0 N–H and O–H groups in total. The van der Waals surface area contributed by atoms with Gasteiger partial charge in [-0.15, -0.1) is 11.5 Å². The zero-order chi connectivity index (χ0) is 8.91. The van der Waals surface area contributed by atoms with E-state index in [2.05, 4.69) is 0 Å². The molecule has 0 nitrogen and oxygen atoms in total. The minimum absolute atomic E-state index is 0. The largest absolute Gasteiger partial charge is 1.00 e. The van der Waals surface area contributed by atoms with Crippen LogP contribution >= 0.6 is 0 Å². The molecule has 0 aliphatic carbocycles. The van der Waals surface area contributed by atoms with E-state index in [4.69, 9.17) is 0 Å². The van der Waals surface area contributed by atoms with Crippen molar-refractivity contribution in [3.63, 3.8) is 0 Å². The maximum Gasteiger partial charge on any atom is 1.00 e. The summed E-state index contributed by atoms with van der Waals surface area (Å²) in [5.41, 5.74) is 0.444. The summed E-state index contributed by atoms with van der Waals surface area (Å²) in [7, 11) is 0. The number of halogens is 3. The van der Waals surface area contributed by atoms with Crippen molar-refractivity contribution in [2.45, 2.75) is 33.1 Å². The van der Waals surface area contributed by atoms with Gasteiger partial charge in [0.15, 0.2) is 0 Å². The van der Waals surface area contributed by atoms with Gasteiger partial charge >= 0.3 is 58.4 Å². The van der Waals surface area contributed by atoms with Gasteiger partial charge in [-0.25, -0.2) is 0 Å². The van der Waals surface area contributed by atoms with Crippen molar-refractivity contribution < 1.29 is 64.3 Å². The first-order valence-electron chi connectivity index (χ1n) is 3.84. The van der Waals surface area contributed by atoms with Gasteiger partial charge in [-0.1, -0.05) is 13.3 Å². The molecule has 12 heavy (non-hydrogen) atoms. The topological polar surface area (TPSA) is 0 Å². The Bertz CT molecular complexity index is 142. The molecule has 0 aromatic carbocycles. The van der Waals surface area contributed by atoms with E-state index < -0.39 is 6.98 Å². The van der Waals surface area contributed by atoms with Crippen LogP contribution in [0.4, 0.5) is 12.9 Å². The maximum absolute atomic E-state index is 11.7. The van der Waals surface area contributed by atoms with Crippen LogP contribution < -0.4 is 51.4 Å². The van der Waals surface area contributed by atoms with Crippen molar-refractivity contribution in [1.29, 1.82) is 0 Å². The second-order valence-electron chi connectivity index (χ2n) is 2.74. The molecule has 0 unspecified atom stereocenters. The van der Waals surface area contributed by atoms with Gasteiger partial charge in [0.05, 0.1) is 0 Å². The van der Waals surface area contributed by atoms with Gasteiger partial charge in [0, 0.05) is 0 Å². The fourth-order valence-electron chi connectivity index (χ4n) is 0.862. The molecule has 0 aromatic rings. The molecule has 0 aliphatic heterocycles. The van der Waals surface area contributed by atoms with Crippen LogP contribution in [0.15, 0.2) is 11.5 Å². The van der Waals surface area contributed by atoms with Crippen LogP contribution in [0.1, 0.15) is 33.1 Å². The van der Waals surface area contributed by atoms with Crippen LogP contribution in [0.2, 0.25) is 0 Å². The third-order valence-electron chi connectivity index (χ3n) is 1.40. The van der Waals surface area contributed by atoms with E-state index >= 15 is 0 Å². The molecule has 0 saturated carbocycles. The van der Waals surface area contributed by atoms with E-state index in [0.29, 0.717) is 18.0 Å². The van der Waals surface area contributed by atoms with Crippen LogP contribution in [-0.4, -0.2) is 6.98 Å². The van der Waals surface area contributed by atoms with Crippen LogP contribution in [0.25, 0.3) is 0 Å². The Labute approximate surface area is 114 Å². The molecule has 0 fully saturated rings. The first-order valence-corrected chi connectivity index (χ1v) is 3.84. The van der Waals surface area contributed by atoms with Gasteiger partial charge in [-0.2, -0.15) is 0 Å². The first-order chi connectivity index (χ1) is 4.95. The minimum Gasteiger partial charge on any atom is -0.445 e. The van der Waals surface area contributed by atoms with Crippen molar-refractivity contribution in [2.24, 2.45) is 0 Å². The van der Waals surface area contributed by atoms with Gasteiger partial charge < -0.3 is 12.9 Å². The molecule has 0 amide bonds. The summed E-state index contributed by atoms with van der Waals surface area (Å²) in [6.45, 7) is -1.23. The number of hydrogen-bond acceptors (Lipinski definition) is 0. The molecule has 5 heteroatoms. The second kappa shape index (κ2) is 7.62. The van der Waals surface area contributed by atoms with Crippen molar-refractivity contribution >= 4 is 6.98 Å². The normalized spacial score (nSPS) is 12.6. The Morgan fingerprint density at radius 3 is 2.17 bits per heavy atom. The molecule has 0 aliphatic rings. The predicted octanol–water partition coefficient (Wildman–Crippen LogP) is 0.513. The van der Waals surface area contributed by atoms with E-state index in [-0.39, 0.29) is 51.4 Å². The number of rotatable bonds is 4. The number of unbranched alkanes of at least 4 members (excludes halogenated alkanes) is 1. The van der Waals surface area contributed by atoms with E-state index in [1.54, 1.807) is 0 Å². The van der Waals surface area contributed by atoms with Crippen LogP contribution in [0, 0.1) is 0 Å². The van der Waals surface area contributed by atoms with Crippen LogP contribution in [-0.2, 0) is 0 Å². The Morgan fingerprint density at radius 2 is 1.83 bits per heavy atom. The van der Waals surface area contributed by atoms with E-state index in [9.17, 15) is 12.9 Å². The zero-order valence-corrected chi connectivity index (χ0v) is 11.0. The molecule has 0 aromatic heterocycles. The summed E-state index contributed by atoms with van der Waals surface area (Å²) in [5.74, 6) is 0.440. The van der Waals surface area contributed by atoms with Gasteiger partial charge in [-0.05, 0) is 19.8 Å². The fraction of sp³-hybridized carbons (Fsp3) is 0.714. The maximum atomic E-state index is 11.7. The van der Waals surface area contributed by atoms with Gasteiger partial charge in [0.2, 0.25) is 0 Å². The molecule has 0 atom stereocenters. The standard InChI is InChI=1S/C7H13BF3.K/c1-3-4-5-7(2)6-8(9,10)11;/h6H,3-5H2,1-2H3;/q-1;+1/b7-6+;. The monoisotopic (exact) mass is 204 g/mol. The summed E-state index contributed by atoms with van der Waals surface area (Å²) in [6.07, 6.45) is 2.35. The summed E-state index contributed by atoms with van der Waals surface area (Å²) in [5, 5.41) is 0. The fourth-order valence-corrected chi connectivity index (χ4v) is 0.862. The third-order valence-corrected chi connectivity index (χ3v) is 1.40. The average Bonchev–Trinajstić information content (AvgIpc) is 1.79. The molecule has 0 rings (SSSR count). The molecule has 0 spiro atoms. The quantitative estimate of drug-likeness (QED) is 0.585. The summed E-state index contributed by atoms with van der Waals surface area (Å²) in [6, 6.07) is 0. The van der Waals surface area contributed by atoms with E-state index in [1.807, 2.05) is 6.92 Å². The van der Waals surface area contributed by atoms with Gasteiger partial charge in [-0.3, -0.25) is 0 Å². The second-order valence-corrected chi connectivity index (χ2v) is 2.74. The molecular weight excluding hydrogens is 191 g/mol. The first kappa shape index (κ1) is 15.7. The van der Waals surface area contributed by atoms with E-state index in [0.717, 1.165) is 12.8 Å². The Morgan fingerprint density at radius 1 is 1.33 bits per heavy atom. The van der Waals surface area contributed by atoms with Crippen molar-refractivity contribution in [3.8, 4) is 0 Å². The molecule has 0 radical (unpaired) electrons. The van der Waals surface area contributed by atoms with E-state index in [1.165, 1.54) is 6.92 Å². The van der Waals surface area contributed by atoms with Crippen molar-refractivity contribution in [1.82, 2.24) is 0 Å². The summed E-state index contributed by atoms with van der Waals surface area (Å²) >= 11 is 0. The molecule has 66 valence electrons. The van der Waals surface area contributed by atoms with Crippen molar-refractivity contribution in [3.05, 3.63) is 11.5 Å². The molecule has 0 bridgehead atoms. The third kappa shape index (κ3) is 11.2. The average molecular weight is 204 g/mol. The van der Waals surface area contributed by atoms with Crippen LogP contribution in [0.5, 0.6) is 0 Å². The summed E-state index contributed by atoms with van der Waals surface area (Å²) in [4.78, 5) is 0. The number of hydrogen-bond donors (Lipinski definition) is 0. The zero-order valence-electron chi connectivity index (χ0n) is 7.91. The van der Waals surface area contributed by atoms with Gasteiger partial charge in [0.1, 0.15) is 0 Å².